The van der Waals surface area contributed by atoms with E-state index < -0.39 is 11.6 Å². The van der Waals surface area contributed by atoms with Gasteiger partial charge in [0.1, 0.15) is 12.1 Å². The molecular weight excluding hydrogens is 362 g/mol. The van der Waals surface area contributed by atoms with E-state index in [1.807, 2.05) is 17.5 Å². The van der Waals surface area contributed by atoms with Crippen molar-refractivity contribution in [2.75, 3.05) is 13.1 Å². The van der Waals surface area contributed by atoms with Crippen LogP contribution in [0.2, 0.25) is 0 Å². The van der Waals surface area contributed by atoms with Crippen LogP contribution in [0.25, 0.3) is 0 Å². The van der Waals surface area contributed by atoms with E-state index in [-0.39, 0.29) is 18.4 Å². The van der Waals surface area contributed by atoms with Gasteiger partial charge in [-0.1, -0.05) is 25.5 Å². The zero-order valence-corrected chi connectivity index (χ0v) is 16.6. The SMILES string of the molecule is C=CCN(Cc1cccs1)C(=O)CN1C(=O)NC2(CCC(CC)CC2)C1=O. The van der Waals surface area contributed by atoms with Crippen LogP contribution in [-0.2, 0) is 16.1 Å². The van der Waals surface area contributed by atoms with Crippen molar-refractivity contribution < 1.29 is 14.4 Å². The molecule has 0 bridgehead atoms. The lowest BCUT2D eigenvalue weighted by molar-refractivity contribution is -0.139. The second kappa shape index (κ2) is 8.25. The number of hydrogen-bond donors (Lipinski definition) is 1. The molecule has 1 N–H and O–H groups in total. The van der Waals surface area contributed by atoms with Crippen molar-refractivity contribution in [2.45, 2.75) is 51.1 Å². The van der Waals surface area contributed by atoms with Crippen molar-refractivity contribution in [3.63, 3.8) is 0 Å². The number of rotatable bonds is 7. The van der Waals surface area contributed by atoms with E-state index >= 15 is 0 Å². The zero-order valence-electron chi connectivity index (χ0n) is 15.8. The quantitative estimate of drug-likeness (QED) is 0.575. The highest BCUT2D eigenvalue weighted by Gasteiger charge is 2.52. The molecule has 7 heteroatoms. The lowest BCUT2D eigenvalue weighted by Crippen LogP contribution is -2.50. The van der Waals surface area contributed by atoms with Crippen molar-refractivity contribution in [1.29, 1.82) is 0 Å². The Balaban J connectivity index is 1.66. The average molecular weight is 390 g/mol. The van der Waals surface area contributed by atoms with Gasteiger partial charge in [-0.3, -0.25) is 14.5 Å². The van der Waals surface area contributed by atoms with E-state index in [2.05, 4.69) is 18.8 Å². The van der Waals surface area contributed by atoms with Crippen molar-refractivity contribution in [1.82, 2.24) is 15.1 Å². The van der Waals surface area contributed by atoms with Crippen LogP contribution in [0.1, 0.15) is 43.9 Å². The van der Waals surface area contributed by atoms with Crippen molar-refractivity contribution in [3.05, 3.63) is 35.0 Å². The summed E-state index contributed by atoms with van der Waals surface area (Å²) in [5, 5.41) is 4.84. The Labute approximate surface area is 164 Å². The summed E-state index contributed by atoms with van der Waals surface area (Å²) < 4.78 is 0. The fourth-order valence-corrected chi connectivity index (χ4v) is 4.69. The molecule has 3 rings (SSSR count). The molecule has 0 atom stereocenters. The highest BCUT2D eigenvalue weighted by atomic mass is 32.1. The third kappa shape index (κ3) is 4.08. The maximum Gasteiger partial charge on any atom is 0.325 e. The van der Waals surface area contributed by atoms with Crippen LogP contribution < -0.4 is 5.32 Å². The van der Waals surface area contributed by atoms with Crippen LogP contribution in [0.3, 0.4) is 0 Å². The first-order valence-electron chi connectivity index (χ1n) is 9.54. The van der Waals surface area contributed by atoms with Crippen molar-refractivity contribution in [2.24, 2.45) is 5.92 Å². The van der Waals surface area contributed by atoms with E-state index in [9.17, 15) is 14.4 Å². The molecule has 0 radical (unpaired) electrons. The summed E-state index contributed by atoms with van der Waals surface area (Å²) in [5.74, 6) is 0.126. The molecule has 4 amide bonds. The average Bonchev–Trinajstić information content (AvgIpc) is 3.25. The molecule has 2 fully saturated rings. The minimum atomic E-state index is -0.806. The van der Waals surface area contributed by atoms with E-state index in [1.54, 1.807) is 22.3 Å². The van der Waals surface area contributed by atoms with Gasteiger partial charge >= 0.3 is 6.03 Å². The number of thiophene rings is 1. The van der Waals surface area contributed by atoms with Crippen LogP contribution in [0.4, 0.5) is 4.79 Å². The first-order chi connectivity index (χ1) is 13.0. The first-order valence-corrected chi connectivity index (χ1v) is 10.4. The lowest BCUT2D eigenvalue weighted by atomic mass is 9.75. The van der Waals surface area contributed by atoms with Crippen LogP contribution in [0.15, 0.2) is 30.2 Å². The monoisotopic (exact) mass is 389 g/mol. The molecule has 1 spiro atoms. The predicted molar refractivity (Wildman–Crippen MR) is 105 cm³/mol. The van der Waals surface area contributed by atoms with E-state index in [0.29, 0.717) is 31.8 Å². The third-order valence-electron chi connectivity index (χ3n) is 5.70. The Bertz CT molecular complexity index is 708. The molecule has 6 nitrogen and oxygen atoms in total. The van der Waals surface area contributed by atoms with Crippen LogP contribution >= 0.6 is 11.3 Å². The summed E-state index contributed by atoms with van der Waals surface area (Å²) in [4.78, 5) is 42.0. The van der Waals surface area contributed by atoms with Crippen LogP contribution in [0, 0.1) is 5.92 Å². The number of carbonyl (C=O) groups is 3. The highest BCUT2D eigenvalue weighted by Crippen LogP contribution is 2.37. The standard InChI is InChI=1S/C20H27N3O3S/c1-3-11-22(13-16-6-5-12-27-16)17(24)14-23-18(25)20(21-19(23)26)9-7-15(4-2)8-10-20/h3,5-6,12,15H,1,4,7-11,13-14H2,2H3,(H,21,26). The van der Waals surface area contributed by atoms with Gasteiger partial charge in [0.25, 0.3) is 5.91 Å². The molecule has 27 heavy (non-hydrogen) atoms. The Morgan fingerprint density at radius 1 is 1.44 bits per heavy atom. The summed E-state index contributed by atoms with van der Waals surface area (Å²) in [5.41, 5.74) is -0.806. The fourth-order valence-electron chi connectivity index (χ4n) is 3.97. The molecule has 1 aromatic rings. The molecule has 146 valence electrons. The molecule has 1 aromatic heterocycles. The number of carbonyl (C=O) groups excluding carboxylic acids is 3. The molecular formula is C20H27N3O3S. The largest absolute Gasteiger partial charge is 0.332 e. The number of imide groups is 1. The minimum absolute atomic E-state index is 0.219. The van der Waals surface area contributed by atoms with Crippen LogP contribution in [0.5, 0.6) is 0 Å². The summed E-state index contributed by atoms with van der Waals surface area (Å²) in [6, 6.07) is 3.45. The van der Waals surface area contributed by atoms with Crippen molar-refractivity contribution in [3.8, 4) is 0 Å². The van der Waals surface area contributed by atoms with Gasteiger partial charge in [-0.05, 0) is 43.0 Å². The van der Waals surface area contributed by atoms with Gasteiger partial charge in [-0.2, -0.15) is 0 Å². The number of amides is 4. The van der Waals surface area contributed by atoms with E-state index in [1.165, 1.54) is 0 Å². The van der Waals surface area contributed by atoms with Crippen molar-refractivity contribution >= 4 is 29.2 Å². The van der Waals surface area contributed by atoms with Gasteiger partial charge in [0.05, 0.1) is 6.54 Å². The van der Waals surface area contributed by atoms with E-state index in [0.717, 1.165) is 29.0 Å². The zero-order chi connectivity index (χ0) is 19.4. The minimum Gasteiger partial charge on any atom is -0.332 e. The summed E-state index contributed by atoms with van der Waals surface area (Å²) in [6.45, 7) is 6.48. The Kier molecular flexibility index (Phi) is 5.99. The fraction of sp³-hybridized carbons (Fsp3) is 0.550. The Hall–Kier alpha value is -2.15. The first kappa shape index (κ1) is 19.6. The molecule has 0 aromatic carbocycles. The van der Waals surface area contributed by atoms with Crippen LogP contribution in [-0.4, -0.2) is 46.3 Å². The number of nitrogens with zero attached hydrogens (tertiary/aromatic N) is 2. The Morgan fingerprint density at radius 3 is 2.78 bits per heavy atom. The second-order valence-electron chi connectivity index (χ2n) is 7.40. The maximum atomic E-state index is 13.0. The predicted octanol–water partition coefficient (Wildman–Crippen LogP) is 3.15. The molecule has 1 saturated heterocycles. The number of urea groups is 1. The summed E-state index contributed by atoms with van der Waals surface area (Å²) >= 11 is 1.57. The molecule has 2 heterocycles. The van der Waals surface area contributed by atoms with E-state index in [4.69, 9.17) is 0 Å². The molecule has 1 aliphatic heterocycles. The smallest absolute Gasteiger partial charge is 0.325 e. The van der Waals surface area contributed by atoms with Gasteiger partial charge in [-0.15, -0.1) is 17.9 Å². The summed E-state index contributed by atoms with van der Waals surface area (Å²) in [7, 11) is 0. The van der Waals surface area contributed by atoms with Gasteiger partial charge < -0.3 is 10.2 Å². The molecule has 0 unspecified atom stereocenters. The summed E-state index contributed by atoms with van der Waals surface area (Å²) in [6.07, 6.45) is 5.94. The normalized spacial score (nSPS) is 24.9. The molecule has 1 aliphatic carbocycles. The van der Waals surface area contributed by atoms with Gasteiger partial charge in [0.15, 0.2) is 0 Å². The second-order valence-corrected chi connectivity index (χ2v) is 8.43. The third-order valence-corrected chi connectivity index (χ3v) is 6.57. The number of nitrogens with one attached hydrogen (secondary N) is 1. The van der Waals surface area contributed by atoms with Gasteiger partial charge in [0, 0.05) is 11.4 Å². The highest BCUT2D eigenvalue weighted by molar-refractivity contribution is 7.09. The molecule has 2 aliphatic rings. The Morgan fingerprint density at radius 2 is 2.19 bits per heavy atom. The molecule has 1 saturated carbocycles. The lowest BCUT2D eigenvalue weighted by Gasteiger charge is -2.34. The van der Waals surface area contributed by atoms with Gasteiger partial charge in [0.2, 0.25) is 5.91 Å². The topological polar surface area (TPSA) is 69.7 Å². The van der Waals surface area contributed by atoms with Gasteiger partial charge in [-0.25, -0.2) is 4.79 Å². The number of hydrogen-bond acceptors (Lipinski definition) is 4. The maximum absolute atomic E-state index is 13.0.